The summed E-state index contributed by atoms with van der Waals surface area (Å²) in [4.78, 5) is 24.5. The van der Waals surface area contributed by atoms with Crippen LogP contribution in [-0.4, -0.2) is 25.5 Å². The van der Waals surface area contributed by atoms with Gasteiger partial charge in [-0.25, -0.2) is 0 Å². The fourth-order valence-electron chi connectivity index (χ4n) is 2.16. The van der Waals surface area contributed by atoms with Gasteiger partial charge in [-0.05, 0) is 43.5 Å². The Bertz CT molecular complexity index is 507. The summed E-state index contributed by atoms with van der Waals surface area (Å²) in [6.45, 7) is 2.70. The highest BCUT2D eigenvalue weighted by atomic mass is 16.5. The van der Waals surface area contributed by atoms with Crippen LogP contribution in [0.4, 0.5) is 5.69 Å². The van der Waals surface area contributed by atoms with E-state index in [1.54, 1.807) is 31.4 Å². The second-order valence-corrected chi connectivity index (χ2v) is 5.37. The third-order valence-electron chi connectivity index (χ3n) is 3.78. The normalized spacial score (nSPS) is 15.1. The molecule has 1 saturated carbocycles. The van der Waals surface area contributed by atoms with Gasteiger partial charge >= 0.3 is 0 Å². The lowest BCUT2D eigenvalue weighted by molar-refractivity contribution is -0.134. The number of anilines is 1. The molecule has 114 valence electrons. The summed E-state index contributed by atoms with van der Waals surface area (Å²) in [5.74, 6) is 0.357. The Morgan fingerprint density at radius 3 is 2.38 bits per heavy atom. The van der Waals surface area contributed by atoms with Gasteiger partial charge in [-0.2, -0.15) is 0 Å². The molecule has 0 saturated heterocycles. The summed E-state index contributed by atoms with van der Waals surface area (Å²) < 4.78 is 5.07. The fourth-order valence-corrected chi connectivity index (χ4v) is 2.16. The summed E-state index contributed by atoms with van der Waals surface area (Å²) in [5.41, 5.74) is -0.193. The van der Waals surface area contributed by atoms with Gasteiger partial charge in [-0.15, -0.1) is 0 Å². The zero-order chi connectivity index (χ0) is 15.3. The maximum Gasteiger partial charge on any atom is 0.240 e. The molecule has 2 rings (SSSR count). The quantitative estimate of drug-likeness (QED) is 0.598. The van der Waals surface area contributed by atoms with Gasteiger partial charge in [0.15, 0.2) is 0 Å². The molecule has 0 atom stereocenters. The number of ether oxygens (including phenoxy) is 1. The van der Waals surface area contributed by atoms with Crippen LogP contribution in [0.1, 0.15) is 32.6 Å². The van der Waals surface area contributed by atoms with Crippen LogP contribution in [0.15, 0.2) is 24.3 Å². The first-order valence-corrected chi connectivity index (χ1v) is 7.36. The summed E-state index contributed by atoms with van der Waals surface area (Å²) in [5, 5.41) is 5.66. The van der Waals surface area contributed by atoms with Crippen molar-refractivity contribution < 1.29 is 14.3 Å². The Morgan fingerprint density at radius 2 is 1.86 bits per heavy atom. The molecule has 1 fully saturated rings. The van der Waals surface area contributed by atoms with Gasteiger partial charge in [0.1, 0.15) is 11.2 Å². The average Bonchev–Trinajstić information content (AvgIpc) is 3.30. The molecule has 5 nitrogen and oxygen atoms in total. The van der Waals surface area contributed by atoms with Gasteiger partial charge in [0.25, 0.3) is 0 Å². The molecule has 0 radical (unpaired) electrons. The monoisotopic (exact) mass is 290 g/mol. The molecular formula is C16H22N2O3. The summed E-state index contributed by atoms with van der Waals surface area (Å²) in [7, 11) is 1.59. The number of hydrogen-bond acceptors (Lipinski definition) is 3. The van der Waals surface area contributed by atoms with Crippen molar-refractivity contribution in [2.24, 2.45) is 5.41 Å². The second-order valence-electron chi connectivity index (χ2n) is 5.37. The molecule has 5 heteroatoms. The number of amides is 2. The molecular weight excluding hydrogens is 268 g/mol. The van der Waals surface area contributed by atoms with E-state index >= 15 is 0 Å². The van der Waals surface area contributed by atoms with E-state index in [0.717, 1.165) is 18.6 Å². The van der Waals surface area contributed by atoms with E-state index < -0.39 is 5.41 Å². The van der Waals surface area contributed by atoms with Crippen LogP contribution >= 0.6 is 0 Å². The Labute approximate surface area is 125 Å². The highest BCUT2D eigenvalue weighted by Gasteiger charge is 2.56. The number of carbonyl (C=O) groups is 2. The molecule has 1 aliphatic rings. The average molecular weight is 290 g/mol. The molecule has 1 aromatic carbocycles. The minimum Gasteiger partial charge on any atom is -0.497 e. The van der Waals surface area contributed by atoms with Gasteiger partial charge in [0.05, 0.1) is 7.11 Å². The SMILES string of the molecule is CCCCNC(=O)C1(C(=O)Nc2ccc(OC)cc2)CC1. The second kappa shape index (κ2) is 6.61. The highest BCUT2D eigenvalue weighted by Crippen LogP contribution is 2.46. The molecule has 0 spiro atoms. The Balaban J connectivity index is 1.93. The molecule has 2 N–H and O–H groups in total. The van der Waals surface area contributed by atoms with E-state index in [9.17, 15) is 9.59 Å². The lowest BCUT2D eigenvalue weighted by Crippen LogP contribution is -2.40. The first kappa shape index (κ1) is 15.4. The van der Waals surface area contributed by atoms with Crippen LogP contribution in [0.5, 0.6) is 5.75 Å². The predicted octanol–water partition coefficient (Wildman–Crippen LogP) is 2.33. The van der Waals surface area contributed by atoms with Crippen molar-refractivity contribution in [1.82, 2.24) is 5.32 Å². The van der Waals surface area contributed by atoms with Crippen molar-refractivity contribution in [3.05, 3.63) is 24.3 Å². The number of rotatable bonds is 7. The lowest BCUT2D eigenvalue weighted by Gasteiger charge is -2.15. The van der Waals surface area contributed by atoms with Crippen molar-refractivity contribution in [3.63, 3.8) is 0 Å². The number of benzene rings is 1. The minimum atomic E-state index is -0.867. The number of unbranched alkanes of at least 4 members (excludes halogenated alkanes) is 1. The highest BCUT2D eigenvalue weighted by molar-refractivity contribution is 6.13. The van der Waals surface area contributed by atoms with Crippen LogP contribution in [0.2, 0.25) is 0 Å². The van der Waals surface area contributed by atoms with Crippen LogP contribution in [0.3, 0.4) is 0 Å². The van der Waals surface area contributed by atoms with Gasteiger partial charge in [-0.3, -0.25) is 9.59 Å². The third-order valence-corrected chi connectivity index (χ3v) is 3.78. The van der Waals surface area contributed by atoms with Gasteiger partial charge in [0, 0.05) is 12.2 Å². The van der Waals surface area contributed by atoms with Crippen LogP contribution in [-0.2, 0) is 9.59 Å². The van der Waals surface area contributed by atoms with Crippen LogP contribution < -0.4 is 15.4 Å². The van der Waals surface area contributed by atoms with Crippen molar-refractivity contribution in [3.8, 4) is 5.75 Å². The maximum absolute atomic E-state index is 12.3. The number of nitrogens with one attached hydrogen (secondary N) is 2. The third kappa shape index (κ3) is 3.54. The molecule has 0 aromatic heterocycles. The van der Waals surface area contributed by atoms with E-state index in [2.05, 4.69) is 17.6 Å². The standard InChI is InChI=1S/C16H22N2O3/c1-3-4-11-17-14(19)16(9-10-16)15(20)18-12-5-7-13(21-2)8-6-12/h5-8H,3-4,9-11H2,1-2H3,(H,17,19)(H,18,20). The smallest absolute Gasteiger partial charge is 0.240 e. The summed E-state index contributed by atoms with van der Waals surface area (Å²) in [6, 6.07) is 7.08. The maximum atomic E-state index is 12.3. The van der Waals surface area contributed by atoms with Crippen LogP contribution in [0.25, 0.3) is 0 Å². The largest absolute Gasteiger partial charge is 0.497 e. The first-order valence-electron chi connectivity index (χ1n) is 7.36. The van der Waals surface area contributed by atoms with Crippen LogP contribution in [0, 0.1) is 5.41 Å². The Kier molecular flexibility index (Phi) is 4.83. The molecule has 0 unspecified atom stereocenters. The Hall–Kier alpha value is -2.04. The van der Waals surface area contributed by atoms with E-state index in [4.69, 9.17) is 4.74 Å². The summed E-state index contributed by atoms with van der Waals surface area (Å²) >= 11 is 0. The molecule has 1 aromatic rings. The van der Waals surface area contributed by atoms with E-state index in [1.165, 1.54) is 0 Å². The molecule has 21 heavy (non-hydrogen) atoms. The molecule has 1 aliphatic carbocycles. The topological polar surface area (TPSA) is 67.4 Å². The predicted molar refractivity (Wildman–Crippen MR) is 81.2 cm³/mol. The molecule has 0 heterocycles. The molecule has 0 bridgehead atoms. The van der Waals surface area contributed by atoms with Gasteiger partial charge < -0.3 is 15.4 Å². The fraction of sp³-hybridized carbons (Fsp3) is 0.500. The van der Waals surface area contributed by atoms with Crippen molar-refractivity contribution >= 4 is 17.5 Å². The number of methoxy groups -OCH3 is 1. The van der Waals surface area contributed by atoms with Crippen molar-refractivity contribution in [2.45, 2.75) is 32.6 Å². The van der Waals surface area contributed by atoms with Gasteiger partial charge in [0.2, 0.25) is 11.8 Å². The summed E-state index contributed by atoms with van der Waals surface area (Å²) in [6.07, 6.45) is 3.19. The van der Waals surface area contributed by atoms with Gasteiger partial charge in [-0.1, -0.05) is 13.3 Å². The minimum absolute atomic E-state index is 0.151. The van der Waals surface area contributed by atoms with Crippen molar-refractivity contribution in [2.75, 3.05) is 19.0 Å². The van der Waals surface area contributed by atoms with Crippen molar-refractivity contribution in [1.29, 1.82) is 0 Å². The zero-order valence-corrected chi connectivity index (χ0v) is 12.6. The first-order chi connectivity index (χ1) is 10.1. The zero-order valence-electron chi connectivity index (χ0n) is 12.6. The van der Waals surface area contributed by atoms with E-state index in [-0.39, 0.29) is 11.8 Å². The lowest BCUT2D eigenvalue weighted by atomic mass is 10.0. The molecule has 0 aliphatic heterocycles. The van der Waals surface area contributed by atoms with E-state index in [0.29, 0.717) is 25.1 Å². The molecule has 2 amide bonds. The van der Waals surface area contributed by atoms with E-state index in [1.807, 2.05) is 0 Å². The number of hydrogen-bond donors (Lipinski definition) is 2. The number of carbonyl (C=O) groups excluding carboxylic acids is 2. The Morgan fingerprint density at radius 1 is 1.19 bits per heavy atom.